The van der Waals surface area contributed by atoms with Gasteiger partial charge < -0.3 is 10.6 Å². The molecule has 0 aliphatic rings. The van der Waals surface area contributed by atoms with Crippen LogP contribution >= 0.6 is 35.3 Å². The van der Waals surface area contributed by atoms with Crippen molar-refractivity contribution in [2.45, 2.75) is 31.7 Å². The van der Waals surface area contributed by atoms with E-state index in [0.717, 1.165) is 31.0 Å². The summed E-state index contributed by atoms with van der Waals surface area (Å²) in [6.07, 6.45) is 1.04. The molecule has 1 heterocycles. The molecule has 0 spiro atoms. The van der Waals surface area contributed by atoms with Gasteiger partial charge in [0.15, 0.2) is 5.96 Å². The molecule has 156 valence electrons. The Hall–Kier alpha value is -1.17. The van der Waals surface area contributed by atoms with Crippen LogP contribution in [0.15, 0.2) is 51.7 Å². The molecule has 0 bridgehead atoms. The lowest BCUT2D eigenvalue weighted by Gasteiger charge is -2.15. The first kappa shape index (κ1) is 24.9. The Bertz CT molecular complexity index is 839. The Labute approximate surface area is 189 Å². The number of hydrogen-bond donors (Lipinski definition) is 3. The second-order valence-electron chi connectivity index (χ2n) is 6.32. The number of benzene rings is 1. The average molecular weight is 537 g/mol. The Kier molecular flexibility index (Phi) is 11.0. The van der Waals surface area contributed by atoms with E-state index >= 15 is 0 Å². The molecule has 9 heteroatoms. The van der Waals surface area contributed by atoms with Crippen LogP contribution in [-0.4, -0.2) is 34.5 Å². The maximum atomic E-state index is 11.9. The summed E-state index contributed by atoms with van der Waals surface area (Å²) in [5, 5.41) is 8.71. The van der Waals surface area contributed by atoms with Crippen molar-refractivity contribution in [3.63, 3.8) is 0 Å². The van der Waals surface area contributed by atoms with E-state index in [1.807, 2.05) is 13.0 Å². The molecular formula is C19H29IN4O2S2. The maximum Gasteiger partial charge on any atom is 0.240 e. The molecule has 28 heavy (non-hydrogen) atoms. The van der Waals surface area contributed by atoms with Gasteiger partial charge in [0.2, 0.25) is 10.0 Å². The molecule has 6 nitrogen and oxygen atoms in total. The summed E-state index contributed by atoms with van der Waals surface area (Å²) in [4.78, 5) is 6.22. The zero-order valence-corrected chi connectivity index (χ0v) is 20.4. The van der Waals surface area contributed by atoms with Gasteiger partial charge in [0.05, 0.1) is 11.4 Å². The lowest BCUT2D eigenvalue weighted by Crippen LogP contribution is -2.39. The molecule has 0 aliphatic carbocycles. The predicted octanol–water partition coefficient (Wildman–Crippen LogP) is 3.21. The summed E-state index contributed by atoms with van der Waals surface area (Å²) in [6, 6.07) is 11.1. The van der Waals surface area contributed by atoms with Crippen molar-refractivity contribution < 1.29 is 8.42 Å². The van der Waals surface area contributed by atoms with Crippen LogP contribution in [0.4, 0.5) is 0 Å². The van der Waals surface area contributed by atoms with E-state index in [4.69, 9.17) is 0 Å². The number of guanidine groups is 1. The molecule has 1 atom stereocenters. The van der Waals surface area contributed by atoms with E-state index in [9.17, 15) is 8.42 Å². The molecule has 2 rings (SSSR count). The van der Waals surface area contributed by atoms with Gasteiger partial charge in [-0.3, -0.25) is 0 Å². The van der Waals surface area contributed by atoms with Crippen molar-refractivity contribution >= 4 is 51.3 Å². The average Bonchev–Trinajstić information content (AvgIpc) is 3.17. The van der Waals surface area contributed by atoms with Crippen molar-refractivity contribution in [3.05, 3.63) is 52.2 Å². The fourth-order valence-electron chi connectivity index (χ4n) is 2.56. The normalized spacial score (nSPS) is 12.9. The van der Waals surface area contributed by atoms with Gasteiger partial charge in [0, 0.05) is 18.0 Å². The van der Waals surface area contributed by atoms with Crippen LogP contribution in [0.1, 0.15) is 24.3 Å². The van der Waals surface area contributed by atoms with Gasteiger partial charge in [-0.2, -0.15) is 0 Å². The Morgan fingerprint density at radius 2 is 2.00 bits per heavy atom. The van der Waals surface area contributed by atoms with Crippen LogP contribution in [0.5, 0.6) is 0 Å². The first-order valence-corrected chi connectivity index (χ1v) is 11.4. The van der Waals surface area contributed by atoms with Gasteiger partial charge in [0.1, 0.15) is 0 Å². The van der Waals surface area contributed by atoms with Gasteiger partial charge in [-0.1, -0.05) is 25.1 Å². The number of nitrogens with one attached hydrogen (secondary N) is 3. The molecule has 3 N–H and O–H groups in total. The standard InChI is InChI=1S/C19H28N4O2S2.HI/c1-4-21-19(22-13-15(2)11-17-8-6-10-26-17)23-14-16-7-5-9-18(12-16)27(24,25)20-3;/h5-10,12,15,20H,4,11,13-14H2,1-3H3,(H2,21,22,23);1H. The van der Waals surface area contributed by atoms with Crippen LogP contribution in [0.3, 0.4) is 0 Å². The van der Waals surface area contributed by atoms with Crippen LogP contribution < -0.4 is 15.4 Å². The minimum atomic E-state index is -3.44. The highest BCUT2D eigenvalue weighted by molar-refractivity contribution is 14.0. The molecule has 1 aromatic heterocycles. The zero-order valence-electron chi connectivity index (χ0n) is 16.4. The highest BCUT2D eigenvalue weighted by Crippen LogP contribution is 2.14. The van der Waals surface area contributed by atoms with Gasteiger partial charge in [0.25, 0.3) is 0 Å². The van der Waals surface area contributed by atoms with E-state index in [2.05, 4.69) is 44.8 Å². The quantitative estimate of drug-likeness (QED) is 0.261. The molecule has 0 fully saturated rings. The van der Waals surface area contributed by atoms with E-state index in [1.165, 1.54) is 11.9 Å². The third kappa shape index (κ3) is 8.06. The number of thiophene rings is 1. The number of halogens is 1. The molecule has 0 saturated carbocycles. The van der Waals surface area contributed by atoms with Crippen LogP contribution in [0, 0.1) is 5.92 Å². The first-order valence-electron chi connectivity index (χ1n) is 9.01. The summed E-state index contributed by atoms with van der Waals surface area (Å²) in [5.74, 6) is 1.22. The van der Waals surface area contributed by atoms with Gasteiger partial charge >= 0.3 is 0 Å². The Morgan fingerprint density at radius 1 is 1.21 bits per heavy atom. The van der Waals surface area contributed by atoms with Crippen LogP contribution in [-0.2, 0) is 23.0 Å². The van der Waals surface area contributed by atoms with Crippen molar-refractivity contribution in [2.75, 3.05) is 20.1 Å². The fraction of sp³-hybridized carbons (Fsp3) is 0.421. The smallest absolute Gasteiger partial charge is 0.240 e. The third-order valence-corrected chi connectivity index (χ3v) is 6.30. The minimum Gasteiger partial charge on any atom is -0.357 e. The van der Waals surface area contributed by atoms with Gasteiger partial charge in [-0.25, -0.2) is 18.1 Å². The number of rotatable bonds is 9. The lowest BCUT2D eigenvalue weighted by atomic mass is 10.1. The number of sulfonamides is 1. The minimum absolute atomic E-state index is 0. The Morgan fingerprint density at radius 3 is 2.64 bits per heavy atom. The van der Waals surface area contributed by atoms with Crippen molar-refractivity contribution in [1.29, 1.82) is 0 Å². The molecule has 0 radical (unpaired) electrons. The predicted molar refractivity (Wildman–Crippen MR) is 128 cm³/mol. The number of nitrogens with zero attached hydrogens (tertiary/aromatic N) is 1. The van der Waals surface area contributed by atoms with Crippen LogP contribution in [0.2, 0.25) is 0 Å². The Balaban J connectivity index is 0.00000392. The lowest BCUT2D eigenvalue weighted by molar-refractivity contribution is 0.562. The number of hydrogen-bond acceptors (Lipinski definition) is 4. The molecule has 0 saturated heterocycles. The van der Waals surface area contributed by atoms with E-state index in [0.29, 0.717) is 12.5 Å². The van der Waals surface area contributed by atoms with Crippen LogP contribution in [0.25, 0.3) is 0 Å². The first-order chi connectivity index (χ1) is 12.9. The molecular weight excluding hydrogens is 507 g/mol. The molecule has 0 aliphatic heterocycles. The molecule has 0 amide bonds. The summed E-state index contributed by atoms with van der Waals surface area (Å²) in [5.41, 5.74) is 0.843. The summed E-state index contributed by atoms with van der Waals surface area (Å²) < 4.78 is 26.2. The van der Waals surface area contributed by atoms with E-state index < -0.39 is 10.0 Å². The zero-order chi connectivity index (χ0) is 19.7. The fourth-order valence-corrected chi connectivity index (χ4v) is 4.23. The SMILES string of the molecule is CCNC(=NCc1cccc(S(=O)(=O)NC)c1)NCC(C)Cc1cccs1.I. The largest absolute Gasteiger partial charge is 0.357 e. The van der Waals surface area contributed by atoms with E-state index in [1.54, 1.807) is 29.5 Å². The monoisotopic (exact) mass is 536 g/mol. The second-order valence-corrected chi connectivity index (χ2v) is 9.24. The summed E-state index contributed by atoms with van der Waals surface area (Å²) in [6.45, 7) is 6.22. The maximum absolute atomic E-state index is 11.9. The summed E-state index contributed by atoms with van der Waals surface area (Å²) >= 11 is 1.78. The highest BCUT2D eigenvalue weighted by Gasteiger charge is 2.11. The third-order valence-electron chi connectivity index (χ3n) is 3.99. The topological polar surface area (TPSA) is 82.6 Å². The second kappa shape index (κ2) is 12.4. The van der Waals surface area contributed by atoms with Gasteiger partial charge in [-0.15, -0.1) is 35.3 Å². The molecule has 1 unspecified atom stereocenters. The van der Waals surface area contributed by atoms with Gasteiger partial charge in [-0.05, 0) is 55.5 Å². The molecule has 1 aromatic carbocycles. The van der Waals surface area contributed by atoms with Crippen molar-refractivity contribution in [1.82, 2.24) is 15.4 Å². The van der Waals surface area contributed by atoms with E-state index in [-0.39, 0.29) is 28.9 Å². The summed E-state index contributed by atoms with van der Waals surface area (Å²) in [7, 11) is -2.04. The molecule has 2 aromatic rings. The van der Waals surface area contributed by atoms with Crippen molar-refractivity contribution in [2.24, 2.45) is 10.9 Å². The van der Waals surface area contributed by atoms with Crippen molar-refractivity contribution in [3.8, 4) is 0 Å². The number of aliphatic imine (C=N–C) groups is 1. The highest BCUT2D eigenvalue weighted by atomic mass is 127.